The average molecular weight is 470 g/mol. The Labute approximate surface area is 178 Å². The van der Waals surface area contributed by atoms with Gasteiger partial charge >= 0.3 is 0 Å². The molecular weight excluding hydrogens is 448 g/mol. The number of hydrogen-bond acceptors (Lipinski definition) is 3. The van der Waals surface area contributed by atoms with Gasteiger partial charge in [-0.15, -0.1) is 0 Å². The number of halogens is 2. The van der Waals surface area contributed by atoms with Gasteiger partial charge in [0.2, 0.25) is 0 Å². The van der Waals surface area contributed by atoms with Gasteiger partial charge < -0.3 is 10.1 Å². The molecule has 4 nitrogen and oxygen atoms in total. The van der Waals surface area contributed by atoms with E-state index in [-0.39, 0.29) is 11.0 Å². The molecule has 0 aliphatic heterocycles. The lowest BCUT2D eigenvalue weighted by Gasteiger charge is -2.14. The van der Waals surface area contributed by atoms with Crippen molar-refractivity contribution in [1.29, 1.82) is 0 Å². The van der Waals surface area contributed by atoms with Gasteiger partial charge in [-0.2, -0.15) is 0 Å². The van der Waals surface area contributed by atoms with E-state index in [1.807, 2.05) is 30.3 Å². The minimum Gasteiger partial charge on any atom is -0.493 e. The van der Waals surface area contributed by atoms with Gasteiger partial charge in [-0.05, 0) is 54.4 Å². The molecule has 0 atom stereocenters. The first-order chi connectivity index (χ1) is 12.9. The van der Waals surface area contributed by atoms with Crippen LogP contribution in [0.1, 0.15) is 36.2 Å². The maximum absolute atomic E-state index is 12.6. The molecule has 0 aliphatic rings. The lowest BCUT2D eigenvalue weighted by molar-refractivity contribution is 0.0972. The summed E-state index contributed by atoms with van der Waals surface area (Å²) in [6.45, 7) is 5.23. The molecule has 0 aliphatic carbocycles. The van der Waals surface area contributed by atoms with Crippen LogP contribution in [-0.2, 0) is 6.54 Å². The Morgan fingerprint density at radius 2 is 2.00 bits per heavy atom. The summed E-state index contributed by atoms with van der Waals surface area (Å²) in [4.78, 5) is 12.6. The normalized spacial score (nSPS) is 10.6. The number of carbonyl (C=O) groups is 1. The molecule has 0 heterocycles. The summed E-state index contributed by atoms with van der Waals surface area (Å²) < 4.78 is 6.58. The molecule has 0 fully saturated rings. The van der Waals surface area contributed by atoms with E-state index < -0.39 is 0 Å². The molecule has 1 amide bonds. The molecule has 2 aromatic rings. The molecule has 0 radical (unpaired) electrons. The molecule has 0 aromatic heterocycles. The Hall–Kier alpha value is -1.63. The van der Waals surface area contributed by atoms with E-state index in [0.29, 0.717) is 35.4 Å². The van der Waals surface area contributed by atoms with Crippen molar-refractivity contribution in [1.82, 2.24) is 10.6 Å². The van der Waals surface area contributed by atoms with E-state index in [1.165, 1.54) is 0 Å². The van der Waals surface area contributed by atoms with Gasteiger partial charge in [-0.25, -0.2) is 0 Å². The van der Waals surface area contributed by atoms with Crippen LogP contribution in [0.25, 0.3) is 0 Å². The van der Waals surface area contributed by atoms with Crippen LogP contribution >= 0.6 is 39.7 Å². The Bertz CT molecular complexity index is 814. The highest BCUT2D eigenvalue weighted by Gasteiger charge is 2.15. The average Bonchev–Trinajstić information content (AvgIpc) is 2.62. The number of thiocarbonyl (C=S) groups is 1. The Morgan fingerprint density at radius 1 is 1.26 bits per heavy atom. The molecule has 2 aromatic carbocycles. The predicted molar refractivity (Wildman–Crippen MR) is 117 cm³/mol. The fraction of sp³-hybridized carbons (Fsp3) is 0.300. The number of amides is 1. The topological polar surface area (TPSA) is 50.4 Å². The first kappa shape index (κ1) is 21.7. The van der Waals surface area contributed by atoms with Crippen LogP contribution in [-0.4, -0.2) is 17.6 Å². The highest BCUT2D eigenvalue weighted by atomic mass is 79.9. The molecule has 0 saturated heterocycles. The van der Waals surface area contributed by atoms with Crippen molar-refractivity contribution in [3.63, 3.8) is 0 Å². The number of nitrogens with one attached hydrogen (secondary N) is 2. The number of carbonyl (C=O) groups excluding carboxylic acids is 1. The van der Waals surface area contributed by atoms with Crippen molar-refractivity contribution in [3.05, 3.63) is 63.1 Å². The van der Waals surface area contributed by atoms with Crippen molar-refractivity contribution < 1.29 is 9.53 Å². The van der Waals surface area contributed by atoms with Gasteiger partial charge in [0, 0.05) is 16.0 Å². The zero-order valence-electron chi connectivity index (χ0n) is 15.2. The number of ether oxygens (including phenoxy) is 1. The van der Waals surface area contributed by atoms with Crippen LogP contribution in [0.5, 0.6) is 5.75 Å². The van der Waals surface area contributed by atoms with E-state index in [4.69, 9.17) is 28.6 Å². The van der Waals surface area contributed by atoms with Gasteiger partial charge in [-0.1, -0.05) is 59.6 Å². The van der Waals surface area contributed by atoms with Crippen LogP contribution in [0, 0.1) is 5.92 Å². The van der Waals surface area contributed by atoms with Crippen LogP contribution in [0.15, 0.2) is 46.9 Å². The molecule has 7 heteroatoms. The second-order valence-corrected chi connectivity index (χ2v) is 8.13. The quantitative estimate of drug-likeness (QED) is 0.538. The minimum atomic E-state index is -0.326. The number of benzene rings is 2. The maximum atomic E-state index is 12.6. The van der Waals surface area contributed by atoms with Gasteiger partial charge in [0.05, 0.1) is 12.2 Å². The summed E-state index contributed by atoms with van der Waals surface area (Å²) in [5.74, 6) is 0.733. The van der Waals surface area contributed by atoms with Crippen LogP contribution < -0.4 is 15.4 Å². The smallest absolute Gasteiger partial charge is 0.261 e. The monoisotopic (exact) mass is 468 g/mol. The standard InChI is InChI=1S/C20H22BrClN2O2S/c1-13(2)9-10-26-18-8-7-15(21)11-16(18)19(25)24-20(27)23-12-14-5-3-4-6-17(14)22/h3-8,11,13H,9-10,12H2,1-2H3,(H2,23,24,25,27). The fourth-order valence-electron chi connectivity index (χ4n) is 2.24. The molecule has 144 valence electrons. The molecule has 27 heavy (non-hydrogen) atoms. The van der Waals surface area contributed by atoms with Crippen LogP contribution in [0.4, 0.5) is 0 Å². The predicted octanol–water partition coefficient (Wildman–Crippen LogP) is 5.33. The maximum Gasteiger partial charge on any atom is 0.261 e. The zero-order valence-corrected chi connectivity index (χ0v) is 18.4. The first-order valence-electron chi connectivity index (χ1n) is 8.61. The summed E-state index contributed by atoms with van der Waals surface area (Å²) >= 11 is 14.8. The van der Waals surface area contributed by atoms with Crippen LogP contribution in [0.3, 0.4) is 0 Å². The van der Waals surface area contributed by atoms with Crippen molar-refractivity contribution in [2.75, 3.05) is 6.61 Å². The minimum absolute atomic E-state index is 0.230. The van der Waals surface area contributed by atoms with E-state index in [0.717, 1.165) is 16.5 Å². The van der Waals surface area contributed by atoms with Gasteiger partial charge in [0.15, 0.2) is 5.11 Å². The summed E-state index contributed by atoms with van der Waals surface area (Å²) in [6, 6.07) is 12.8. The van der Waals surface area contributed by atoms with Gasteiger partial charge in [0.1, 0.15) is 5.75 Å². The Kier molecular flexibility index (Phi) is 8.54. The van der Waals surface area contributed by atoms with Crippen molar-refractivity contribution in [2.45, 2.75) is 26.8 Å². The highest BCUT2D eigenvalue weighted by Crippen LogP contribution is 2.24. The van der Waals surface area contributed by atoms with Crippen molar-refractivity contribution in [3.8, 4) is 5.75 Å². The largest absolute Gasteiger partial charge is 0.493 e. The second-order valence-electron chi connectivity index (χ2n) is 6.40. The fourth-order valence-corrected chi connectivity index (χ4v) is 2.97. The summed E-state index contributed by atoms with van der Waals surface area (Å²) in [5.41, 5.74) is 1.32. The van der Waals surface area contributed by atoms with Crippen molar-refractivity contribution >= 4 is 50.8 Å². The molecular formula is C20H22BrClN2O2S. The first-order valence-corrected chi connectivity index (χ1v) is 10.2. The van der Waals surface area contributed by atoms with E-state index in [9.17, 15) is 4.79 Å². The lowest BCUT2D eigenvalue weighted by atomic mass is 10.1. The SMILES string of the molecule is CC(C)CCOc1ccc(Br)cc1C(=O)NC(=S)NCc1ccccc1Cl. The van der Waals surface area contributed by atoms with Crippen LogP contribution in [0.2, 0.25) is 5.02 Å². The Morgan fingerprint density at radius 3 is 2.70 bits per heavy atom. The molecule has 0 bridgehead atoms. The summed E-state index contributed by atoms with van der Waals surface area (Å²) in [7, 11) is 0. The molecule has 2 N–H and O–H groups in total. The number of hydrogen-bond donors (Lipinski definition) is 2. The lowest BCUT2D eigenvalue weighted by Crippen LogP contribution is -2.39. The summed E-state index contributed by atoms with van der Waals surface area (Å²) in [6.07, 6.45) is 0.912. The molecule has 0 saturated carbocycles. The Balaban J connectivity index is 1.98. The third-order valence-electron chi connectivity index (χ3n) is 3.76. The van der Waals surface area contributed by atoms with Gasteiger partial charge in [0.25, 0.3) is 5.91 Å². The second kappa shape index (κ2) is 10.6. The van der Waals surface area contributed by atoms with E-state index >= 15 is 0 Å². The van der Waals surface area contributed by atoms with Crippen molar-refractivity contribution in [2.24, 2.45) is 5.92 Å². The third kappa shape index (κ3) is 7.13. The zero-order chi connectivity index (χ0) is 19.8. The summed E-state index contributed by atoms with van der Waals surface area (Å²) in [5, 5.41) is 6.56. The van der Waals surface area contributed by atoms with Gasteiger partial charge in [-0.3, -0.25) is 10.1 Å². The molecule has 2 rings (SSSR count). The highest BCUT2D eigenvalue weighted by molar-refractivity contribution is 9.10. The van der Waals surface area contributed by atoms with E-state index in [2.05, 4.69) is 40.4 Å². The molecule has 0 unspecified atom stereocenters. The number of rotatable bonds is 7. The van der Waals surface area contributed by atoms with E-state index in [1.54, 1.807) is 12.1 Å². The third-order valence-corrected chi connectivity index (χ3v) is 4.87. The molecule has 0 spiro atoms.